The number of para-hydroxylation sites is 1. The number of nitrogens with one attached hydrogen (secondary N) is 1. The van der Waals surface area contributed by atoms with Crippen LogP contribution in [-0.4, -0.2) is 17.9 Å². The highest BCUT2D eigenvalue weighted by molar-refractivity contribution is 6.04. The zero-order valence-electron chi connectivity index (χ0n) is 22.1. The van der Waals surface area contributed by atoms with E-state index >= 15 is 0 Å². The van der Waals surface area contributed by atoms with Gasteiger partial charge in [0.25, 0.3) is 0 Å². The summed E-state index contributed by atoms with van der Waals surface area (Å²) in [5.74, 6) is -0.225. The maximum Gasteiger partial charge on any atom is 0.337 e. The lowest BCUT2D eigenvalue weighted by Gasteiger charge is -2.37. The number of Topliss-reactive ketones (excluding diaryl/α,β-unsaturated/α-hetero) is 1. The quantitative estimate of drug-likeness (QED) is 0.366. The van der Waals surface area contributed by atoms with E-state index in [0.717, 1.165) is 22.4 Å². The van der Waals surface area contributed by atoms with Gasteiger partial charge in [0.2, 0.25) is 0 Å². The van der Waals surface area contributed by atoms with Crippen LogP contribution in [-0.2, 0) is 20.9 Å². The van der Waals surface area contributed by atoms with Gasteiger partial charge in [-0.2, -0.15) is 0 Å². The molecular weight excluding hydrogens is 474 g/mol. The van der Waals surface area contributed by atoms with E-state index in [9.17, 15) is 9.59 Å². The van der Waals surface area contributed by atoms with Gasteiger partial charge in [0.15, 0.2) is 5.78 Å². The second-order valence-corrected chi connectivity index (χ2v) is 10.2. The second kappa shape index (κ2) is 11.1. The average molecular weight is 508 g/mol. The lowest BCUT2D eigenvalue weighted by atomic mass is 9.71. The standard InChI is InChI=1S/C33H33NO4/c1-21(2)38-29-17-11-10-16-26(29)31-30(33(36)37-20-23-12-6-4-7-13-23)22(3)34-27-18-25(19-28(35)32(27)31)24-14-8-5-9-15-24/h4-17,21,25,31,34H,18-20H2,1-3H3/t25-,31+/m1/s1. The fraction of sp³-hybridized carbons (Fsp3) is 0.273. The smallest absolute Gasteiger partial charge is 0.337 e. The number of rotatable bonds is 7. The first-order valence-corrected chi connectivity index (χ1v) is 13.2. The number of hydrogen-bond donors (Lipinski definition) is 1. The third-order valence-electron chi connectivity index (χ3n) is 7.12. The van der Waals surface area contributed by atoms with Crippen molar-refractivity contribution in [2.45, 2.75) is 58.2 Å². The molecule has 0 saturated carbocycles. The van der Waals surface area contributed by atoms with E-state index in [2.05, 4.69) is 17.4 Å². The van der Waals surface area contributed by atoms with Crippen LogP contribution in [0.4, 0.5) is 0 Å². The van der Waals surface area contributed by atoms with Crippen LogP contribution >= 0.6 is 0 Å². The van der Waals surface area contributed by atoms with Gasteiger partial charge >= 0.3 is 5.97 Å². The molecule has 2 atom stereocenters. The summed E-state index contributed by atoms with van der Waals surface area (Å²) in [6.07, 6.45) is 1.02. The van der Waals surface area contributed by atoms with Crippen LogP contribution in [0, 0.1) is 0 Å². The number of esters is 1. The Hall–Kier alpha value is -4.12. The summed E-state index contributed by atoms with van der Waals surface area (Å²) in [7, 11) is 0. The summed E-state index contributed by atoms with van der Waals surface area (Å²) in [5, 5.41) is 3.43. The molecule has 1 N–H and O–H groups in total. The van der Waals surface area contributed by atoms with E-state index in [1.807, 2.05) is 93.6 Å². The molecule has 5 heteroatoms. The molecule has 0 saturated heterocycles. The van der Waals surface area contributed by atoms with Crippen molar-refractivity contribution < 1.29 is 19.1 Å². The van der Waals surface area contributed by atoms with Crippen molar-refractivity contribution in [3.8, 4) is 5.75 Å². The van der Waals surface area contributed by atoms with Crippen molar-refractivity contribution >= 4 is 11.8 Å². The largest absolute Gasteiger partial charge is 0.491 e. The average Bonchev–Trinajstić information content (AvgIpc) is 2.92. The zero-order valence-corrected chi connectivity index (χ0v) is 22.1. The molecule has 1 heterocycles. The van der Waals surface area contributed by atoms with Gasteiger partial charge in [0, 0.05) is 29.0 Å². The topological polar surface area (TPSA) is 64.6 Å². The minimum atomic E-state index is -0.575. The van der Waals surface area contributed by atoms with E-state index < -0.39 is 11.9 Å². The van der Waals surface area contributed by atoms with Crippen molar-refractivity contribution in [3.05, 3.63) is 124 Å². The predicted molar refractivity (Wildman–Crippen MR) is 147 cm³/mol. The number of dihydropyridines is 1. The molecule has 5 rings (SSSR count). The Bertz CT molecular complexity index is 1390. The minimum absolute atomic E-state index is 0.0396. The van der Waals surface area contributed by atoms with E-state index in [4.69, 9.17) is 9.47 Å². The third kappa shape index (κ3) is 5.28. The molecule has 0 unspecified atom stereocenters. The number of hydrogen-bond acceptors (Lipinski definition) is 5. The van der Waals surface area contributed by atoms with Gasteiger partial charge in [-0.3, -0.25) is 4.79 Å². The maximum absolute atomic E-state index is 13.9. The molecule has 3 aromatic rings. The lowest BCUT2D eigenvalue weighted by molar-refractivity contribution is -0.140. The van der Waals surface area contributed by atoms with Crippen LogP contribution in [0.3, 0.4) is 0 Å². The molecule has 1 aliphatic heterocycles. The van der Waals surface area contributed by atoms with Gasteiger partial charge in [-0.05, 0) is 50.3 Å². The number of ketones is 1. The van der Waals surface area contributed by atoms with Crippen molar-refractivity contribution in [1.29, 1.82) is 0 Å². The van der Waals surface area contributed by atoms with E-state index in [1.54, 1.807) is 0 Å². The van der Waals surface area contributed by atoms with Gasteiger partial charge < -0.3 is 14.8 Å². The van der Waals surface area contributed by atoms with Crippen LogP contribution in [0.2, 0.25) is 0 Å². The molecule has 0 amide bonds. The van der Waals surface area contributed by atoms with Crippen molar-refractivity contribution in [3.63, 3.8) is 0 Å². The number of carbonyl (C=O) groups is 2. The summed E-state index contributed by atoms with van der Waals surface area (Å²) in [5.41, 5.74) is 5.50. The fourth-order valence-electron chi connectivity index (χ4n) is 5.46. The molecule has 194 valence electrons. The van der Waals surface area contributed by atoms with Gasteiger partial charge in [-0.25, -0.2) is 4.79 Å². The molecule has 5 nitrogen and oxygen atoms in total. The third-order valence-corrected chi connectivity index (χ3v) is 7.12. The summed E-state index contributed by atoms with van der Waals surface area (Å²) in [6.45, 7) is 5.98. The van der Waals surface area contributed by atoms with Gasteiger partial charge in [-0.15, -0.1) is 0 Å². The van der Waals surface area contributed by atoms with Crippen LogP contribution in [0.25, 0.3) is 0 Å². The number of benzene rings is 3. The predicted octanol–water partition coefficient (Wildman–Crippen LogP) is 6.58. The van der Waals surface area contributed by atoms with Crippen LogP contribution in [0.5, 0.6) is 5.75 Å². The number of allylic oxidation sites excluding steroid dienone is 3. The Kier molecular flexibility index (Phi) is 7.45. The first kappa shape index (κ1) is 25.5. The first-order valence-electron chi connectivity index (χ1n) is 13.2. The Morgan fingerprint density at radius 2 is 1.58 bits per heavy atom. The molecule has 3 aromatic carbocycles. The summed E-state index contributed by atoms with van der Waals surface area (Å²) >= 11 is 0. The molecule has 0 bridgehead atoms. The highest BCUT2D eigenvalue weighted by atomic mass is 16.5. The highest BCUT2D eigenvalue weighted by Gasteiger charge is 2.42. The SMILES string of the molecule is CC1=C(C(=O)OCc2ccccc2)[C@H](c2ccccc2OC(C)C)C2=C(C[C@@H](c3ccccc3)CC2=O)N1. The van der Waals surface area contributed by atoms with E-state index in [1.165, 1.54) is 0 Å². The minimum Gasteiger partial charge on any atom is -0.491 e. The monoisotopic (exact) mass is 507 g/mol. The van der Waals surface area contributed by atoms with E-state index in [-0.39, 0.29) is 24.4 Å². The second-order valence-electron chi connectivity index (χ2n) is 10.2. The molecule has 0 aromatic heterocycles. The Balaban J connectivity index is 1.56. The summed E-state index contributed by atoms with van der Waals surface area (Å²) in [6, 6.07) is 27.4. The van der Waals surface area contributed by atoms with E-state index in [0.29, 0.717) is 35.4 Å². The van der Waals surface area contributed by atoms with Crippen molar-refractivity contribution in [2.75, 3.05) is 0 Å². The molecule has 1 aliphatic carbocycles. The van der Waals surface area contributed by atoms with Crippen molar-refractivity contribution in [1.82, 2.24) is 5.32 Å². The Morgan fingerprint density at radius 1 is 0.921 bits per heavy atom. The molecule has 2 aliphatic rings. The maximum atomic E-state index is 13.9. The van der Waals surface area contributed by atoms with Crippen LogP contribution in [0.15, 0.2) is 107 Å². The van der Waals surface area contributed by atoms with Gasteiger partial charge in [0.05, 0.1) is 17.6 Å². The first-order chi connectivity index (χ1) is 18.4. The van der Waals surface area contributed by atoms with Gasteiger partial charge in [0.1, 0.15) is 12.4 Å². The lowest BCUT2D eigenvalue weighted by Crippen LogP contribution is -2.36. The summed E-state index contributed by atoms with van der Waals surface area (Å²) in [4.78, 5) is 27.5. The Labute approximate surface area is 224 Å². The van der Waals surface area contributed by atoms with Crippen LogP contribution in [0.1, 0.15) is 62.1 Å². The van der Waals surface area contributed by atoms with Crippen LogP contribution < -0.4 is 10.1 Å². The molecule has 38 heavy (non-hydrogen) atoms. The molecular formula is C33H33NO4. The fourth-order valence-corrected chi connectivity index (χ4v) is 5.46. The molecule has 0 spiro atoms. The normalized spacial score (nSPS) is 19.2. The highest BCUT2D eigenvalue weighted by Crippen LogP contribution is 2.47. The van der Waals surface area contributed by atoms with Gasteiger partial charge in [-0.1, -0.05) is 78.9 Å². The number of ether oxygens (including phenoxy) is 2. The number of carbonyl (C=O) groups excluding carboxylic acids is 2. The van der Waals surface area contributed by atoms with Crippen molar-refractivity contribution in [2.24, 2.45) is 0 Å². The zero-order chi connectivity index (χ0) is 26.6. The summed E-state index contributed by atoms with van der Waals surface area (Å²) < 4.78 is 12.0. The molecule has 0 radical (unpaired) electrons. The Morgan fingerprint density at radius 3 is 2.29 bits per heavy atom. The molecule has 0 fully saturated rings.